The lowest BCUT2D eigenvalue weighted by atomic mass is 9.74. The molecule has 1 fully saturated rings. The number of carbonyl (C=O) groups is 1. The van der Waals surface area contributed by atoms with Crippen LogP contribution in [0.15, 0.2) is 41.3 Å². The van der Waals surface area contributed by atoms with E-state index in [2.05, 4.69) is 11.4 Å². The number of thioether (sulfide) groups is 1. The van der Waals surface area contributed by atoms with E-state index in [4.69, 9.17) is 37.4 Å². The van der Waals surface area contributed by atoms with Crippen molar-refractivity contribution in [3.8, 4) is 11.5 Å². The maximum absolute atomic E-state index is 12.9. The quantitative estimate of drug-likeness (QED) is 0.601. The molecule has 5 nitrogen and oxygen atoms in total. The van der Waals surface area contributed by atoms with Crippen molar-refractivity contribution in [2.75, 3.05) is 26.6 Å². The van der Waals surface area contributed by atoms with Crippen molar-refractivity contribution >= 4 is 40.9 Å². The van der Waals surface area contributed by atoms with Crippen molar-refractivity contribution in [2.24, 2.45) is 0 Å². The van der Waals surface area contributed by atoms with Crippen LogP contribution >= 0.6 is 35.0 Å². The highest BCUT2D eigenvalue weighted by atomic mass is 35.5. The molecule has 160 valence electrons. The lowest BCUT2D eigenvalue weighted by Crippen LogP contribution is -2.46. The highest BCUT2D eigenvalue weighted by molar-refractivity contribution is 8.00. The van der Waals surface area contributed by atoms with Gasteiger partial charge in [-0.2, -0.15) is 0 Å². The molecule has 4 rings (SSSR count). The van der Waals surface area contributed by atoms with Gasteiger partial charge in [0, 0.05) is 35.1 Å². The third-order valence-corrected chi connectivity index (χ3v) is 7.44. The van der Waals surface area contributed by atoms with Crippen molar-refractivity contribution in [2.45, 2.75) is 35.3 Å². The van der Waals surface area contributed by atoms with Crippen LogP contribution in [0.25, 0.3) is 0 Å². The number of carbonyl (C=O) groups excluding carboxylic acids is 1. The molecule has 1 atom stereocenters. The van der Waals surface area contributed by atoms with Crippen molar-refractivity contribution in [1.29, 1.82) is 0 Å². The summed E-state index contributed by atoms with van der Waals surface area (Å²) in [5.41, 5.74) is 0.931. The van der Waals surface area contributed by atoms with Crippen molar-refractivity contribution in [1.82, 2.24) is 5.32 Å². The van der Waals surface area contributed by atoms with E-state index in [1.807, 2.05) is 19.1 Å². The first-order valence-electron chi connectivity index (χ1n) is 9.84. The summed E-state index contributed by atoms with van der Waals surface area (Å²) in [6, 6.07) is 11.3. The number of ether oxygens (including phenoxy) is 3. The van der Waals surface area contributed by atoms with Crippen LogP contribution in [0.4, 0.5) is 0 Å². The molecule has 1 amide bonds. The first-order valence-corrected chi connectivity index (χ1v) is 11.5. The molecule has 30 heavy (non-hydrogen) atoms. The van der Waals surface area contributed by atoms with E-state index in [-0.39, 0.29) is 23.4 Å². The first-order chi connectivity index (χ1) is 14.5. The molecule has 0 bridgehead atoms. The Balaban J connectivity index is 1.46. The van der Waals surface area contributed by atoms with Gasteiger partial charge in [0.05, 0.1) is 10.3 Å². The third kappa shape index (κ3) is 4.67. The Labute approximate surface area is 190 Å². The third-order valence-electron chi connectivity index (χ3n) is 5.60. The van der Waals surface area contributed by atoms with E-state index in [0.717, 1.165) is 34.8 Å². The smallest absolute Gasteiger partial charge is 0.233 e. The van der Waals surface area contributed by atoms with Crippen LogP contribution in [-0.2, 0) is 14.9 Å². The van der Waals surface area contributed by atoms with Crippen LogP contribution < -0.4 is 14.8 Å². The molecule has 0 aromatic heterocycles. The van der Waals surface area contributed by atoms with E-state index in [9.17, 15) is 4.79 Å². The molecule has 1 unspecified atom stereocenters. The van der Waals surface area contributed by atoms with Crippen molar-refractivity contribution in [3.63, 3.8) is 0 Å². The minimum atomic E-state index is -0.311. The van der Waals surface area contributed by atoms with Crippen molar-refractivity contribution in [3.05, 3.63) is 52.0 Å². The SMILES string of the molecule is CC(Sc1cc(Cl)ccc1Cl)C(=O)NCC1(c2ccc3c(c2)OCO3)CCOCC1. The predicted octanol–water partition coefficient (Wildman–Crippen LogP) is 5.07. The topological polar surface area (TPSA) is 56.8 Å². The number of hydrogen-bond acceptors (Lipinski definition) is 5. The Hall–Kier alpha value is -1.60. The summed E-state index contributed by atoms with van der Waals surface area (Å²) in [4.78, 5) is 13.7. The van der Waals surface area contributed by atoms with Crippen LogP contribution in [0.1, 0.15) is 25.3 Å². The van der Waals surface area contributed by atoms with E-state index in [0.29, 0.717) is 29.8 Å². The second-order valence-corrected chi connectivity index (χ2v) is 9.74. The molecule has 2 heterocycles. The van der Waals surface area contributed by atoms with Crippen LogP contribution in [0.3, 0.4) is 0 Å². The molecular weight excluding hydrogens is 445 g/mol. The summed E-state index contributed by atoms with van der Waals surface area (Å²) in [5, 5.41) is 4.02. The number of hydrogen-bond donors (Lipinski definition) is 1. The van der Waals surface area contributed by atoms with Crippen LogP contribution in [-0.4, -0.2) is 37.7 Å². The molecule has 2 aliphatic heterocycles. The summed E-state index contributed by atoms with van der Waals surface area (Å²) >= 11 is 13.7. The van der Waals surface area contributed by atoms with E-state index in [1.54, 1.807) is 18.2 Å². The number of nitrogens with one attached hydrogen (secondary N) is 1. The molecule has 2 aliphatic rings. The minimum absolute atomic E-state index is 0.0392. The van der Waals surface area contributed by atoms with Crippen LogP contribution in [0.2, 0.25) is 10.0 Å². The fourth-order valence-corrected chi connectivity index (χ4v) is 5.20. The molecule has 1 N–H and O–H groups in total. The largest absolute Gasteiger partial charge is 0.454 e. The van der Waals surface area contributed by atoms with Crippen LogP contribution in [0.5, 0.6) is 11.5 Å². The van der Waals surface area contributed by atoms with Crippen LogP contribution in [0, 0.1) is 0 Å². The number of fused-ring (bicyclic) bond motifs is 1. The average Bonchev–Trinajstić information content (AvgIpc) is 3.23. The summed E-state index contributed by atoms with van der Waals surface area (Å²) in [6.07, 6.45) is 1.66. The summed E-state index contributed by atoms with van der Waals surface area (Å²) < 4.78 is 16.6. The second-order valence-electron chi connectivity index (χ2n) is 7.51. The van der Waals surface area contributed by atoms with Gasteiger partial charge in [-0.1, -0.05) is 29.3 Å². The fraction of sp³-hybridized carbons (Fsp3) is 0.409. The van der Waals surface area contributed by atoms with Gasteiger partial charge in [0.1, 0.15) is 0 Å². The number of amides is 1. The zero-order chi connectivity index (χ0) is 21.1. The predicted molar refractivity (Wildman–Crippen MR) is 119 cm³/mol. The lowest BCUT2D eigenvalue weighted by molar-refractivity contribution is -0.120. The Kier molecular flexibility index (Phi) is 6.68. The maximum atomic E-state index is 12.9. The van der Waals surface area contributed by atoms with Gasteiger partial charge in [0.2, 0.25) is 12.7 Å². The van der Waals surface area contributed by atoms with E-state index >= 15 is 0 Å². The molecule has 2 aromatic carbocycles. The Morgan fingerprint density at radius 3 is 2.70 bits per heavy atom. The second kappa shape index (κ2) is 9.27. The number of rotatable bonds is 6. The summed E-state index contributed by atoms with van der Waals surface area (Å²) in [6.45, 7) is 3.96. The Morgan fingerprint density at radius 1 is 1.13 bits per heavy atom. The lowest BCUT2D eigenvalue weighted by Gasteiger charge is -2.38. The highest BCUT2D eigenvalue weighted by Crippen LogP contribution is 2.41. The Bertz CT molecular complexity index is 933. The summed E-state index contributed by atoms with van der Waals surface area (Å²) in [7, 11) is 0. The van der Waals surface area contributed by atoms with Gasteiger partial charge in [-0.15, -0.1) is 11.8 Å². The first kappa shape index (κ1) is 21.6. The molecule has 0 radical (unpaired) electrons. The average molecular weight is 468 g/mol. The van der Waals surface area contributed by atoms with Gasteiger partial charge in [-0.3, -0.25) is 4.79 Å². The molecular formula is C22H23Cl2NO4S. The van der Waals surface area contributed by atoms with Gasteiger partial charge in [0.25, 0.3) is 0 Å². The minimum Gasteiger partial charge on any atom is -0.454 e. The zero-order valence-corrected chi connectivity index (χ0v) is 18.9. The Morgan fingerprint density at radius 2 is 1.90 bits per heavy atom. The maximum Gasteiger partial charge on any atom is 0.233 e. The number of benzene rings is 2. The van der Waals surface area contributed by atoms with Gasteiger partial charge < -0.3 is 19.5 Å². The molecule has 0 aliphatic carbocycles. The fourth-order valence-electron chi connectivity index (χ4n) is 3.77. The highest BCUT2D eigenvalue weighted by Gasteiger charge is 2.36. The molecule has 2 aromatic rings. The van der Waals surface area contributed by atoms with Gasteiger partial charge >= 0.3 is 0 Å². The summed E-state index contributed by atoms with van der Waals surface area (Å²) in [5.74, 6) is 1.47. The monoisotopic (exact) mass is 467 g/mol. The molecule has 0 saturated carbocycles. The van der Waals surface area contributed by atoms with Gasteiger partial charge in [0.15, 0.2) is 11.5 Å². The molecule has 8 heteroatoms. The van der Waals surface area contributed by atoms with Gasteiger partial charge in [-0.05, 0) is 55.7 Å². The molecule has 1 saturated heterocycles. The normalized spacial score (nSPS) is 18.1. The zero-order valence-electron chi connectivity index (χ0n) is 16.6. The van der Waals surface area contributed by atoms with E-state index < -0.39 is 0 Å². The van der Waals surface area contributed by atoms with Gasteiger partial charge in [-0.25, -0.2) is 0 Å². The number of halogens is 2. The van der Waals surface area contributed by atoms with E-state index in [1.165, 1.54) is 11.8 Å². The standard InChI is InChI=1S/C22H23Cl2NO4S/c1-14(30-20-11-16(23)3-4-17(20)24)21(26)25-12-22(6-8-27-9-7-22)15-2-5-18-19(10-15)29-13-28-18/h2-5,10-11,14H,6-9,12-13H2,1H3,(H,25,26). The van der Waals surface area contributed by atoms with Crippen molar-refractivity contribution < 1.29 is 19.0 Å². The molecule has 0 spiro atoms.